The normalized spacial score (nSPS) is 17.8. The van der Waals surface area contributed by atoms with Crippen molar-refractivity contribution in [3.8, 4) is 28.6 Å². The summed E-state index contributed by atoms with van der Waals surface area (Å²) in [6.45, 7) is 8.28. The third kappa shape index (κ3) is 5.86. The second kappa shape index (κ2) is 10.8. The lowest BCUT2D eigenvalue weighted by molar-refractivity contribution is -0.141. The van der Waals surface area contributed by atoms with Crippen LogP contribution in [0.1, 0.15) is 73.2 Å². The summed E-state index contributed by atoms with van der Waals surface area (Å²) >= 11 is 0. The van der Waals surface area contributed by atoms with E-state index in [1.807, 2.05) is 32.0 Å². The van der Waals surface area contributed by atoms with Crippen molar-refractivity contribution in [1.82, 2.24) is 9.97 Å². The number of ether oxygens (including phenoxy) is 4. The van der Waals surface area contributed by atoms with Crippen LogP contribution in [0.3, 0.4) is 0 Å². The number of aryl methyl sites for hydroxylation is 2. The molecule has 0 spiro atoms. The van der Waals surface area contributed by atoms with Gasteiger partial charge in [-0.3, -0.25) is 4.79 Å². The summed E-state index contributed by atoms with van der Waals surface area (Å²) in [5, 5.41) is 9.94. The first-order chi connectivity index (χ1) is 18.6. The topological polar surface area (TPSA) is 100 Å². The van der Waals surface area contributed by atoms with Crippen molar-refractivity contribution in [2.75, 3.05) is 20.3 Å². The van der Waals surface area contributed by atoms with Crippen LogP contribution in [0.25, 0.3) is 11.1 Å². The molecule has 0 fully saturated rings. The number of nitrogens with zero attached hydrogens (tertiary/aromatic N) is 2. The van der Waals surface area contributed by atoms with E-state index in [2.05, 4.69) is 28.2 Å². The third-order valence-corrected chi connectivity index (χ3v) is 7.46. The first-order valence-electron chi connectivity index (χ1n) is 13.5. The number of aromatic nitrogens is 2. The van der Waals surface area contributed by atoms with Gasteiger partial charge in [-0.05, 0) is 63.3 Å². The van der Waals surface area contributed by atoms with E-state index in [4.69, 9.17) is 18.9 Å². The molecular formula is C31H36N2O6. The van der Waals surface area contributed by atoms with E-state index in [1.165, 1.54) is 18.2 Å². The Morgan fingerprint density at radius 3 is 2.62 bits per heavy atom. The Bertz CT molecular complexity index is 1360. The maximum Gasteiger partial charge on any atom is 0.316 e. The zero-order chi connectivity index (χ0) is 27.7. The molecule has 8 nitrogen and oxygen atoms in total. The maximum atomic E-state index is 11.7. The maximum absolute atomic E-state index is 11.7. The molecule has 2 atom stereocenters. The van der Waals surface area contributed by atoms with Gasteiger partial charge in [-0.15, -0.1) is 0 Å². The number of carbonyl (C=O) groups is 1. The summed E-state index contributed by atoms with van der Waals surface area (Å²) in [6, 6.07) is 12.5. The van der Waals surface area contributed by atoms with Crippen LogP contribution in [-0.4, -0.2) is 47.0 Å². The van der Waals surface area contributed by atoms with Gasteiger partial charge in [0.05, 0.1) is 43.7 Å². The molecule has 0 radical (unpaired) electrons. The average molecular weight is 533 g/mol. The number of esters is 1. The monoisotopic (exact) mass is 532 g/mol. The number of rotatable bonds is 9. The fourth-order valence-corrected chi connectivity index (χ4v) is 5.45. The second-order valence-corrected chi connectivity index (χ2v) is 11.0. The van der Waals surface area contributed by atoms with Gasteiger partial charge >= 0.3 is 12.0 Å². The third-order valence-electron chi connectivity index (χ3n) is 7.46. The predicted molar refractivity (Wildman–Crippen MR) is 146 cm³/mol. The number of carbonyl (C=O) groups excluding carboxylic acids is 1. The minimum atomic E-state index is -0.799. The number of hydrogen-bond donors (Lipinski definition) is 1. The molecule has 2 aromatic carbocycles. The average Bonchev–Trinajstić information content (AvgIpc) is 3.47. The molecule has 1 N–H and O–H groups in total. The molecular weight excluding hydrogens is 496 g/mol. The highest BCUT2D eigenvalue weighted by Crippen LogP contribution is 2.43. The van der Waals surface area contributed by atoms with Crippen LogP contribution in [0.2, 0.25) is 0 Å². The lowest BCUT2D eigenvalue weighted by atomic mass is 9.95. The number of aliphatic hydroxyl groups is 1. The molecule has 1 aliphatic heterocycles. The van der Waals surface area contributed by atoms with Crippen molar-refractivity contribution < 1.29 is 28.8 Å². The van der Waals surface area contributed by atoms with E-state index in [9.17, 15) is 9.90 Å². The first-order valence-corrected chi connectivity index (χ1v) is 13.5. The smallest absolute Gasteiger partial charge is 0.316 e. The molecule has 2 heterocycles. The van der Waals surface area contributed by atoms with Crippen LogP contribution < -0.4 is 14.2 Å². The largest absolute Gasteiger partial charge is 0.492 e. The van der Waals surface area contributed by atoms with Gasteiger partial charge in [0.15, 0.2) is 0 Å². The van der Waals surface area contributed by atoms with Crippen LogP contribution in [0.5, 0.6) is 17.5 Å². The second-order valence-electron chi connectivity index (χ2n) is 11.0. The van der Waals surface area contributed by atoms with Gasteiger partial charge in [0.25, 0.3) is 0 Å². The highest BCUT2D eigenvalue weighted by Gasteiger charge is 2.30. The van der Waals surface area contributed by atoms with Crippen LogP contribution in [-0.2, 0) is 16.0 Å². The van der Waals surface area contributed by atoms with E-state index < -0.39 is 5.60 Å². The Balaban J connectivity index is 1.34. The molecule has 8 heteroatoms. The van der Waals surface area contributed by atoms with E-state index >= 15 is 0 Å². The highest BCUT2D eigenvalue weighted by molar-refractivity contribution is 5.74. The van der Waals surface area contributed by atoms with Crippen molar-refractivity contribution in [2.45, 2.75) is 71.0 Å². The molecule has 0 saturated carbocycles. The molecule has 1 aliphatic carbocycles. The summed E-state index contributed by atoms with van der Waals surface area (Å²) in [5.41, 5.74) is 6.49. The highest BCUT2D eigenvalue weighted by atomic mass is 16.5. The Morgan fingerprint density at radius 2 is 1.90 bits per heavy atom. The van der Waals surface area contributed by atoms with Gasteiger partial charge in [-0.25, -0.2) is 0 Å². The van der Waals surface area contributed by atoms with Gasteiger partial charge < -0.3 is 24.1 Å². The summed E-state index contributed by atoms with van der Waals surface area (Å²) in [7, 11) is 1.40. The van der Waals surface area contributed by atoms with E-state index in [-0.39, 0.29) is 18.0 Å². The number of methoxy groups -OCH3 is 1. The number of hydrogen-bond acceptors (Lipinski definition) is 8. The standard InChI is InChI=1S/C31H36N2O6/c1-18-29(19(2)33-30(32-18)37-14-13-31(3,4)35)25-8-6-7-24-23(25)11-12-26(24)39-21-9-10-22-20(15-28(34)36-5)17-38-27(22)16-21/h6-10,16,20,26,35H,11-15,17H2,1-5H3/t20?,26-/m1/s1. The van der Waals surface area contributed by atoms with Crippen LogP contribution >= 0.6 is 0 Å². The molecule has 39 heavy (non-hydrogen) atoms. The Kier molecular flexibility index (Phi) is 7.49. The predicted octanol–water partition coefficient (Wildman–Crippen LogP) is 5.41. The molecule has 3 aromatic rings. The Hall–Kier alpha value is -3.65. The SMILES string of the molecule is COC(=O)CC1COc2cc(O[C@@H]3CCc4c(-c5c(C)nc(OCCC(C)(C)O)nc5C)cccc43)ccc21. The van der Waals surface area contributed by atoms with Gasteiger partial charge in [-0.1, -0.05) is 24.3 Å². The molecule has 5 rings (SSSR count). The molecule has 2 aliphatic rings. The van der Waals surface area contributed by atoms with Gasteiger partial charge in [0.1, 0.15) is 17.6 Å². The zero-order valence-electron chi connectivity index (χ0n) is 23.2. The number of benzene rings is 2. The summed E-state index contributed by atoms with van der Waals surface area (Å²) in [6.07, 6.45) is 2.48. The van der Waals surface area contributed by atoms with E-state index in [0.717, 1.165) is 52.4 Å². The van der Waals surface area contributed by atoms with Gasteiger partial charge in [0.2, 0.25) is 0 Å². The summed E-state index contributed by atoms with van der Waals surface area (Å²) in [5.74, 6) is 1.28. The molecule has 0 saturated heterocycles. The van der Waals surface area contributed by atoms with Crippen LogP contribution in [0, 0.1) is 13.8 Å². The Labute approximate surface area is 229 Å². The van der Waals surface area contributed by atoms with E-state index in [0.29, 0.717) is 32.1 Å². The quantitative estimate of drug-likeness (QED) is 0.366. The summed E-state index contributed by atoms with van der Waals surface area (Å²) < 4.78 is 22.9. The van der Waals surface area contributed by atoms with Crippen molar-refractivity contribution in [3.63, 3.8) is 0 Å². The van der Waals surface area contributed by atoms with Crippen molar-refractivity contribution in [3.05, 3.63) is 64.5 Å². The Morgan fingerprint density at radius 1 is 1.13 bits per heavy atom. The molecule has 1 aromatic heterocycles. The van der Waals surface area contributed by atoms with Crippen molar-refractivity contribution in [2.24, 2.45) is 0 Å². The minimum absolute atomic E-state index is 0.00303. The molecule has 1 unspecified atom stereocenters. The lowest BCUT2D eigenvalue weighted by Gasteiger charge is -2.18. The van der Waals surface area contributed by atoms with Crippen LogP contribution in [0.15, 0.2) is 36.4 Å². The van der Waals surface area contributed by atoms with E-state index in [1.54, 1.807) is 13.8 Å². The summed E-state index contributed by atoms with van der Waals surface area (Å²) in [4.78, 5) is 21.0. The fourth-order valence-electron chi connectivity index (χ4n) is 5.45. The fraction of sp³-hybridized carbons (Fsp3) is 0.452. The van der Waals surface area contributed by atoms with Gasteiger partial charge in [0, 0.05) is 29.5 Å². The minimum Gasteiger partial charge on any atom is -0.492 e. The van der Waals surface area contributed by atoms with Crippen molar-refractivity contribution in [1.29, 1.82) is 0 Å². The van der Waals surface area contributed by atoms with Gasteiger partial charge in [-0.2, -0.15) is 9.97 Å². The zero-order valence-corrected chi connectivity index (χ0v) is 23.2. The first kappa shape index (κ1) is 26.9. The molecule has 206 valence electrons. The number of fused-ring (bicyclic) bond motifs is 2. The molecule has 0 amide bonds. The molecule has 0 bridgehead atoms. The van der Waals surface area contributed by atoms with Crippen molar-refractivity contribution >= 4 is 5.97 Å². The van der Waals surface area contributed by atoms with Crippen LogP contribution in [0.4, 0.5) is 0 Å². The lowest BCUT2D eigenvalue weighted by Crippen LogP contribution is -2.22.